The standard InChI is InChI=1S/C23H26N4O2/c1-14-20-16(22(28)26-11-12-29-19-8-6-5-7-18(19)26)13-17(15-9-10-15)24-21(20)27(25-14)23(2,3)4/h5-8,13,15H,9-12H2,1-4H3. The Morgan fingerprint density at radius 2 is 1.97 bits per heavy atom. The van der Waals surface area contributed by atoms with E-state index in [0.717, 1.165) is 46.7 Å². The third-order valence-electron chi connectivity index (χ3n) is 5.67. The summed E-state index contributed by atoms with van der Waals surface area (Å²) in [4.78, 5) is 20.6. The molecule has 3 aromatic rings. The van der Waals surface area contributed by atoms with Gasteiger partial charge in [0.1, 0.15) is 12.4 Å². The molecule has 0 spiro atoms. The van der Waals surface area contributed by atoms with Gasteiger partial charge in [0.2, 0.25) is 0 Å². The molecule has 6 heteroatoms. The quantitative estimate of drug-likeness (QED) is 0.650. The summed E-state index contributed by atoms with van der Waals surface area (Å²) in [6, 6.07) is 9.73. The summed E-state index contributed by atoms with van der Waals surface area (Å²) >= 11 is 0. The van der Waals surface area contributed by atoms with Gasteiger partial charge in [-0.05, 0) is 58.7 Å². The Kier molecular flexibility index (Phi) is 3.95. The van der Waals surface area contributed by atoms with Gasteiger partial charge in [0, 0.05) is 11.6 Å². The molecule has 0 bridgehead atoms. The lowest BCUT2D eigenvalue weighted by molar-refractivity contribution is 0.0978. The number of rotatable bonds is 2. The van der Waals surface area contributed by atoms with Crippen LogP contribution in [0.25, 0.3) is 11.0 Å². The number of hydrogen-bond acceptors (Lipinski definition) is 4. The summed E-state index contributed by atoms with van der Waals surface area (Å²) in [5.41, 5.74) is 3.96. The van der Waals surface area contributed by atoms with E-state index in [4.69, 9.17) is 14.8 Å². The average molecular weight is 390 g/mol. The van der Waals surface area contributed by atoms with E-state index in [-0.39, 0.29) is 11.4 Å². The molecule has 6 nitrogen and oxygen atoms in total. The number of hydrogen-bond donors (Lipinski definition) is 0. The van der Waals surface area contributed by atoms with Crippen molar-refractivity contribution in [3.05, 3.63) is 47.3 Å². The number of aryl methyl sites for hydroxylation is 1. The molecule has 2 aliphatic rings. The van der Waals surface area contributed by atoms with Crippen LogP contribution in [-0.2, 0) is 5.54 Å². The summed E-state index contributed by atoms with van der Waals surface area (Å²) in [5, 5.41) is 5.63. The largest absolute Gasteiger partial charge is 0.490 e. The van der Waals surface area contributed by atoms with Gasteiger partial charge < -0.3 is 9.64 Å². The van der Waals surface area contributed by atoms with Crippen LogP contribution in [0.15, 0.2) is 30.3 Å². The monoisotopic (exact) mass is 390 g/mol. The van der Waals surface area contributed by atoms with Gasteiger partial charge in [0.15, 0.2) is 5.65 Å². The van der Waals surface area contributed by atoms with Crippen molar-refractivity contribution in [3.63, 3.8) is 0 Å². The van der Waals surface area contributed by atoms with E-state index in [0.29, 0.717) is 24.6 Å². The van der Waals surface area contributed by atoms with E-state index in [9.17, 15) is 4.79 Å². The van der Waals surface area contributed by atoms with Crippen molar-refractivity contribution in [2.75, 3.05) is 18.1 Å². The Labute approximate surface area is 170 Å². The number of benzene rings is 1. The van der Waals surface area contributed by atoms with Crippen molar-refractivity contribution in [2.24, 2.45) is 0 Å². The smallest absolute Gasteiger partial charge is 0.259 e. The van der Waals surface area contributed by atoms with Crippen LogP contribution in [0, 0.1) is 6.92 Å². The van der Waals surface area contributed by atoms with Gasteiger partial charge in [-0.3, -0.25) is 4.79 Å². The zero-order valence-corrected chi connectivity index (χ0v) is 17.4. The fourth-order valence-corrected chi connectivity index (χ4v) is 4.06. The van der Waals surface area contributed by atoms with Crippen molar-refractivity contribution < 1.29 is 9.53 Å². The Morgan fingerprint density at radius 3 is 2.69 bits per heavy atom. The van der Waals surface area contributed by atoms with Crippen LogP contribution in [-0.4, -0.2) is 33.8 Å². The highest BCUT2D eigenvalue weighted by Gasteiger charge is 2.33. The first-order chi connectivity index (χ1) is 13.8. The molecule has 1 aliphatic heterocycles. The first-order valence-electron chi connectivity index (χ1n) is 10.3. The second kappa shape index (κ2) is 6.31. The number of amides is 1. The minimum Gasteiger partial charge on any atom is -0.490 e. The van der Waals surface area contributed by atoms with Crippen molar-refractivity contribution in [1.82, 2.24) is 14.8 Å². The lowest BCUT2D eigenvalue weighted by Crippen LogP contribution is -2.38. The summed E-state index contributed by atoms with van der Waals surface area (Å²) in [6.07, 6.45) is 2.27. The van der Waals surface area contributed by atoms with E-state index in [2.05, 4.69) is 20.8 Å². The van der Waals surface area contributed by atoms with Crippen LogP contribution in [0.3, 0.4) is 0 Å². The van der Waals surface area contributed by atoms with Gasteiger partial charge in [-0.25, -0.2) is 9.67 Å². The second-order valence-electron chi connectivity index (χ2n) is 9.01. The van der Waals surface area contributed by atoms with Crippen molar-refractivity contribution in [3.8, 4) is 5.75 Å². The summed E-state index contributed by atoms with van der Waals surface area (Å²) in [7, 11) is 0. The van der Waals surface area contributed by atoms with Crippen molar-refractivity contribution in [1.29, 1.82) is 0 Å². The third-order valence-corrected chi connectivity index (χ3v) is 5.67. The fourth-order valence-electron chi connectivity index (χ4n) is 4.06. The van der Waals surface area contributed by atoms with E-state index in [1.165, 1.54) is 0 Å². The number of fused-ring (bicyclic) bond motifs is 2. The molecule has 1 aromatic carbocycles. The fraction of sp³-hybridized carbons (Fsp3) is 0.435. The summed E-state index contributed by atoms with van der Waals surface area (Å²) < 4.78 is 7.71. The van der Waals surface area contributed by atoms with Crippen LogP contribution in [0.1, 0.15) is 61.3 Å². The number of nitrogens with zero attached hydrogens (tertiary/aromatic N) is 4. The minimum absolute atomic E-state index is 0.00777. The van der Waals surface area contributed by atoms with Gasteiger partial charge in [-0.1, -0.05) is 12.1 Å². The summed E-state index contributed by atoms with van der Waals surface area (Å²) in [5.74, 6) is 1.19. The van der Waals surface area contributed by atoms with Gasteiger partial charge in [-0.15, -0.1) is 0 Å². The number of carbonyl (C=O) groups excluding carboxylic acids is 1. The first-order valence-corrected chi connectivity index (χ1v) is 10.3. The molecule has 150 valence electrons. The van der Waals surface area contributed by atoms with Crippen LogP contribution >= 0.6 is 0 Å². The maximum Gasteiger partial charge on any atom is 0.259 e. The first kappa shape index (κ1) is 18.2. The number of anilines is 1. The zero-order valence-electron chi connectivity index (χ0n) is 17.4. The molecule has 0 atom stereocenters. The molecule has 5 rings (SSSR count). The van der Waals surface area contributed by atoms with Gasteiger partial charge in [-0.2, -0.15) is 5.10 Å². The predicted molar refractivity (Wildman–Crippen MR) is 113 cm³/mol. The van der Waals surface area contributed by atoms with Gasteiger partial charge in [0.05, 0.1) is 34.4 Å². The normalized spacial score (nSPS) is 16.6. The number of aromatic nitrogens is 3. The molecular weight excluding hydrogens is 364 g/mol. The maximum absolute atomic E-state index is 13.8. The van der Waals surface area contributed by atoms with Crippen molar-refractivity contribution in [2.45, 2.75) is 52.0 Å². The average Bonchev–Trinajstić information content (AvgIpc) is 3.49. The molecule has 0 unspecified atom stereocenters. The van der Waals surface area contributed by atoms with Crippen LogP contribution < -0.4 is 9.64 Å². The SMILES string of the molecule is Cc1nn(C(C)(C)C)c2nc(C3CC3)cc(C(=O)N3CCOc4ccccc43)c12. The molecule has 2 aromatic heterocycles. The zero-order chi connectivity index (χ0) is 20.3. The van der Waals surface area contributed by atoms with Gasteiger partial charge in [0.25, 0.3) is 5.91 Å². The molecule has 29 heavy (non-hydrogen) atoms. The maximum atomic E-state index is 13.8. The molecule has 1 aliphatic carbocycles. The Bertz CT molecular complexity index is 1120. The third kappa shape index (κ3) is 2.98. The van der Waals surface area contributed by atoms with Gasteiger partial charge >= 0.3 is 0 Å². The molecule has 3 heterocycles. The lowest BCUT2D eigenvalue weighted by atomic mass is 10.0. The van der Waals surface area contributed by atoms with E-state index in [1.54, 1.807) is 0 Å². The number of ether oxygens (including phenoxy) is 1. The lowest BCUT2D eigenvalue weighted by Gasteiger charge is -2.29. The molecule has 1 fully saturated rings. The Morgan fingerprint density at radius 1 is 1.21 bits per heavy atom. The Balaban J connectivity index is 1.71. The highest BCUT2D eigenvalue weighted by atomic mass is 16.5. The summed E-state index contributed by atoms with van der Waals surface area (Å²) in [6.45, 7) is 9.34. The van der Waals surface area contributed by atoms with E-state index >= 15 is 0 Å². The predicted octanol–water partition coefficient (Wildman–Crippen LogP) is 4.41. The van der Waals surface area contributed by atoms with Crippen LogP contribution in [0.2, 0.25) is 0 Å². The topological polar surface area (TPSA) is 60.2 Å². The molecule has 0 saturated heterocycles. The highest BCUT2D eigenvalue weighted by molar-refractivity contribution is 6.14. The molecule has 0 N–H and O–H groups in total. The van der Waals surface area contributed by atoms with E-state index < -0.39 is 0 Å². The second-order valence-corrected chi connectivity index (χ2v) is 9.01. The van der Waals surface area contributed by atoms with Crippen LogP contribution in [0.5, 0.6) is 5.75 Å². The number of pyridine rings is 1. The number of carbonyl (C=O) groups is 1. The Hall–Kier alpha value is -2.89. The van der Waals surface area contributed by atoms with E-state index in [1.807, 2.05) is 46.8 Å². The van der Waals surface area contributed by atoms with Crippen LogP contribution in [0.4, 0.5) is 5.69 Å². The highest BCUT2D eigenvalue weighted by Crippen LogP contribution is 2.41. The molecular formula is C23H26N4O2. The minimum atomic E-state index is -0.215. The number of para-hydroxylation sites is 2. The molecule has 1 saturated carbocycles. The molecule has 1 amide bonds. The molecule has 0 radical (unpaired) electrons. The van der Waals surface area contributed by atoms with Crippen molar-refractivity contribution >= 4 is 22.6 Å².